The summed E-state index contributed by atoms with van der Waals surface area (Å²) in [6.45, 7) is 10.00. The van der Waals surface area contributed by atoms with Crippen molar-refractivity contribution < 1.29 is 55.8 Å². The number of nitrogens with one attached hydrogen (secondary N) is 1. The molecule has 0 radical (unpaired) electrons. The second-order valence-electron chi connectivity index (χ2n) is 16.3. The zero-order chi connectivity index (χ0) is 47.0. The van der Waals surface area contributed by atoms with E-state index in [1.54, 1.807) is 36.4 Å². The van der Waals surface area contributed by atoms with Crippen molar-refractivity contribution in [1.29, 1.82) is 0 Å². The molecule has 3 aromatic carbocycles. The Balaban J connectivity index is 0.000000228. The maximum Gasteiger partial charge on any atom is 0.453 e. The smallest absolute Gasteiger partial charge is 0.453 e. The molecule has 4 heterocycles. The van der Waals surface area contributed by atoms with Crippen LogP contribution in [0.3, 0.4) is 0 Å². The van der Waals surface area contributed by atoms with Gasteiger partial charge in [0, 0.05) is 63.0 Å². The van der Waals surface area contributed by atoms with Gasteiger partial charge >= 0.3 is 19.2 Å². The highest BCUT2D eigenvalue weighted by molar-refractivity contribution is 7.55. The summed E-state index contributed by atoms with van der Waals surface area (Å²) in [5.41, 5.74) is -4.12. The number of thiophene rings is 1. The van der Waals surface area contributed by atoms with Gasteiger partial charge in [0.2, 0.25) is 11.8 Å². The molecule has 65 heavy (non-hydrogen) atoms. The molecular formula is C47H59F2N4O10PS. The van der Waals surface area contributed by atoms with Gasteiger partial charge in [0.1, 0.15) is 19.1 Å². The number of hydrogen-bond donors (Lipinski definition) is 1. The number of fused-ring (bicyclic) bond motifs is 1. The fourth-order valence-electron chi connectivity index (χ4n) is 7.46. The van der Waals surface area contributed by atoms with Gasteiger partial charge in [-0.25, -0.2) is 9.36 Å². The van der Waals surface area contributed by atoms with Gasteiger partial charge in [-0.2, -0.15) is 8.78 Å². The van der Waals surface area contributed by atoms with Crippen molar-refractivity contribution in [3.8, 4) is 5.75 Å². The van der Waals surface area contributed by atoms with E-state index < -0.39 is 31.4 Å². The van der Waals surface area contributed by atoms with Crippen molar-refractivity contribution in [3.63, 3.8) is 0 Å². The molecule has 3 aliphatic heterocycles. The number of nitrogens with zero attached hydrogens (tertiary/aromatic N) is 3. The summed E-state index contributed by atoms with van der Waals surface area (Å²) in [6, 6.07) is 21.2. The van der Waals surface area contributed by atoms with Crippen LogP contribution in [0.4, 0.5) is 8.78 Å². The first-order valence-corrected chi connectivity index (χ1v) is 24.1. The van der Waals surface area contributed by atoms with Crippen molar-refractivity contribution in [2.75, 3.05) is 73.2 Å². The maximum atomic E-state index is 15.8. The lowest BCUT2D eigenvalue weighted by atomic mass is 9.99. The summed E-state index contributed by atoms with van der Waals surface area (Å²) in [5.74, 6) is 1.27. The number of benzene rings is 3. The number of rotatable bonds is 14. The monoisotopic (exact) mass is 940 g/mol. The van der Waals surface area contributed by atoms with Gasteiger partial charge in [-0.05, 0) is 85.8 Å². The number of hydrogen-bond acceptors (Lipinski definition) is 12. The van der Waals surface area contributed by atoms with Gasteiger partial charge in [0.15, 0.2) is 6.61 Å². The van der Waals surface area contributed by atoms with E-state index in [4.69, 9.17) is 23.3 Å². The van der Waals surface area contributed by atoms with Crippen molar-refractivity contribution in [1.82, 2.24) is 20.0 Å². The van der Waals surface area contributed by atoms with Crippen molar-refractivity contribution in [3.05, 3.63) is 101 Å². The number of carbonyl (C=O) groups is 5. The summed E-state index contributed by atoms with van der Waals surface area (Å²) in [7, 11) is -1.81. The third kappa shape index (κ3) is 14.5. The molecule has 3 atom stereocenters. The zero-order valence-electron chi connectivity index (χ0n) is 37.2. The van der Waals surface area contributed by atoms with Gasteiger partial charge < -0.3 is 38.8 Å². The third-order valence-corrected chi connectivity index (χ3v) is 14.4. The highest BCUT2D eigenvalue weighted by atomic mass is 32.1. The molecule has 1 aromatic heterocycles. The molecule has 0 bridgehead atoms. The van der Waals surface area contributed by atoms with Crippen LogP contribution in [0.25, 0.3) is 10.1 Å². The highest BCUT2D eigenvalue weighted by Gasteiger charge is 2.57. The first-order valence-electron chi connectivity index (χ1n) is 21.7. The quantitative estimate of drug-likeness (QED) is 0.0979. The number of halogens is 2. The Kier molecular flexibility index (Phi) is 19.2. The van der Waals surface area contributed by atoms with Crippen molar-refractivity contribution in [2.24, 2.45) is 17.8 Å². The number of carbonyl (C=O) groups excluding carboxylic acids is 5. The molecule has 14 nitrogen and oxygen atoms in total. The van der Waals surface area contributed by atoms with Gasteiger partial charge in [-0.1, -0.05) is 61.5 Å². The third-order valence-electron chi connectivity index (χ3n) is 11.4. The van der Waals surface area contributed by atoms with Gasteiger partial charge in [0.05, 0.1) is 24.0 Å². The molecule has 8 rings (SSSR count). The normalized spacial score (nSPS) is 19.1. The Morgan fingerprint density at radius 2 is 1.54 bits per heavy atom. The van der Waals surface area contributed by atoms with E-state index in [0.717, 1.165) is 87.4 Å². The van der Waals surface area contributed by atoms with Crippen LogP contribution in [0, 0.1) is 17.8 Å². The minimum atomic E-state index is -5.32. The Bertz CT molecular complexity index is 2220. The van der Waals surface area contributed by atoms with Crippen LogP contribution in [-0.4, -0.2) is 118 Å². The SMILES string of the molecule is C=O.CC1CC1CCC(=O)N1CCCC1.CN1CC(C(=O)N2CCOCC2)C1.CNC(=O)c1cc2cc(C(F)(F)P(=O)(OCC(=O)OCc3ccccc3)Oc3ccccc3)ccc2s1. The molecule has 18 heteroatoms. The standard InChI is InChI=1S/C26H22F2NO6PS.C11H19NO.C9H16N2O2.CH2O/c1-29-25(31)23-15-19-14-20(12-13-22(19)37-23)26(27,28)36(32,35-21-10-6-3-7-11-21)34-17-24(30)33-16-18-8-4-2-5-9-18;1-9-8-10(9)4-5-11(13)12-6-2-3-7-12;1-10-6-8(7-10)9(12)11-2-4-13-5-3-11;1-2/h2-15H,16-17H2,1H3,(H,29,31);9-10H,2-8H2,1H3;8H,2-7H2,1H3;1H2. The van der Waals surface area contributed by atoms with E-state index in [9.17, 15) is 23.7 Å². The Morgan fingerprint density at radius 1 is 0.908 bits per heavy atom. The maximum absolute atomic E-state index is 15.8. The van der Waals surface area contributed by atoms with E-state index in [2.05, 4.69) is 17.1 Å². The van der Waals surface area contributed by atoms with Gasteiger partial charge in [-0.15, -0.1) is 11.3 Å². The van der Waals surface area contributed by atoms with Gasteiger partial charge in [-0.3, -0.25) is 18.9 Å². The van der Waals surface area contributed by atoms with Crippen LogP contribution in [0.5, 0.6) is 5.75 Å². The number of amides is 3. The van der Waals surface area contributed by atoms with E-state index in [0.29, 0.717) is 45.6 Å². The molecule has 4 aromatic rings. The fourth-order valence-corrected chi connectivity index (χ4v) is 9.91. The van der Waals surface area contributed by atoms with E-state index in [1.165, 1.54) is 62.7 Å². The van der Waals surface area contributed by atoms with E-state index in [-0.39, 0.29) is 24.2 Å². The number of likely N-dealkylation sites (tertiary alicyclic amines) is 2. The van der Waals surface area contributed by atoms with Crippen LogP contribution in [0.15, 0.2) is 84.9 Å². The van der Waals surface area contributed by atoms with E-state index in [1.807, 2.05) is 23.6 Å². The number of morpholine rings is 1. The first-order chi connectivity index (χ1) is 31.3. The molecule has 1 saturated carbocycles. The minimum Gasteiger partial charge on any atom is -0.459 e. The summed E-state index contributed by atoms with van der Waals surface area (Å²) < 4.78 is 66.3. The molecule has 352 valence electrons. The molecule has 1 aliphatic carbocycles. The molecule has 4 aliphatic rings. The Labute approximate surface area is 383 Å². The van der Waals surface area contributed by atoms with Crippen molar-refractivity contribution in [2.45, 2.75) is 51.3 Å². The molecule has 1 N–H and O–H groups in total. The fraction of sp³-hybridized carbons (Fsp3) is 0.468. The van der Waals surface area contributed by atoms with Crippen LogP contribution >= 0.6 is 18.9 Å². The number of ether oxygens (including phenoxy) is 2. The summed E-state index contributed by atoms with van der Waals surface area (Å²) in [5, 5.41) is 2.84. The van der Waals surface area contributed by atoms with Crippen LogP contribution in [0.2, 0.25) is 0 Å². The molecule has 3 amide bonds. The van der Waals surface area contributed by atoms with Crippen molar-refractivity contribution >= 4 is 59.5 Å². The highest BCUT2D eigenvalue weighted by Crippen LogP contribution is 2.66. The second kappa shape index (κ2) is 24.5. The summed E-state index contributed by atoms with van der Waals surface area (Å²) in [4.78, 5) is 62.0. The largest absolute Gasteiger partial charge is 0.459 e. The minimum absolute atomic E-state index is 0.105. The zero-order valence-corrected chi connectivity index (χ0v) is 38.9. The number of esters is 1. The predicted octanol–water partition coefficient (Wildman–Crippen LogP) is 7.61. The molecule has 4 fully saturated rings. The lowest BCUT2D eigenvalue weighted by Crippen LogP contribution is -2.54. The average Bonchev–Trinajstić information content (AvgIpc) is 3.64. The number of alkyl halides is 2. The lowest BCUT2D eigenvalue weighted by molar-refractivity contribution is -0.148. The first kappa shape index (κ1) is 50.9. The Morgan fingerprint density at radius 3 is 2.14 bits per heavy atom. The van der Waals surface area contributed by atoms with Crippen LogP contribution < -0.4 is 9.84 Å². The number of para-hydroxylation sites is 1. The predicted molar refractivity (Wildman–Crippen MR) is 244 cm³/mol. The summed E-state index contributed by atoms with van der Waals surface area (Å²) in [6.07, 6.45) is 5.72. The Hall–Kier alpha value is -5.06. The molecule has 3 saturated heterocycles. The van der Waals surface area contributed by atoms with E-state index >= 15 is 8.78 Å². The summed E-state index contributed by atoms with van der Waals surface area (Å²) >= 11 is 1.13. The lowest BCUT2D eigenvalue weighted by Gasteiger charge is -2.39. The second-order valence-corrected chi connectivity index (χ2v) is 19.3. The average molecular weight is 941 g/mol. The van der Waals surface area contributed by atoms with Gasteiger partial charge in [0.25, 0.3) is 5.91 Å². The molecular weight excluding hydrogens is 882 g/mol. The molecule has 0 spiro atoms. The molecule has 3 unspecified atom stereocenters. The topological polar surface area (TPSA) is 161 Å². The van der Waals surface area contributed by atoms with Crippen LogP contribution in [0.1, 0.15) is 59.8 Å². The van der Waals surface area contributed by atoms with Crippen LogP contribution in [-0.2, 0) is 50.0 Å².